The van der Waals surface area contributed by atoms with Crippen molar-refractivity contribution in [1.29, 1.82) is 0 Å². The normalized spacial score (nSPS) is 18.0. The van der Waals surface area contributed by atoms with E-state index in [1.54, 1.807) is 0 Å². The van der Waals surface area contributed by atoms with Crippen molar-refractivity contribution in [3.05, 3.63) is 36.7 Å². The molecule has 1 aromatic heterocycles. The number of amides is 1. The molecule has 8 nitrogen and oxygen atoms in total. The summed E-state index contributed by atoms with van der Waals surface area (Å²) in [5.74, 6) is -0.461. The van der Waals surface area contributed by atoms with Gasteiger partial charge in [0.05, 0.1) is 30.3 Å². The summed E-state index contributed by atoms with van der Waals surface area (Å²) in [6, 6.07) is 5.63. The van der Waals surface area contributed by atoms with Gasteiger partial charge >= 0.3 is 0 Å². The number of nitrogens with one attached hydrogen (secondary N) is 2. The molecule has 1 aromatic carbocycles. The molecule has 1 saturated carbocycles. The van der Waals surface area contributed by atoms with Crippen molar-refractivity contribution >= 4 is 50.8 Å². The maximum atomic E-state index is 12.3. The lowest BCUT2D eigenvalue weighted by molar-refractivity contribution is -0.117. The zero-order chi connectivity index (χ0) is 18.9. The molecule has 1 amide bonds. The number of rotatable bonds is 6. The van der Waals surface area contributed by atoms with E-state index < -0.39 is 20.3 Å². The fourth-order valence-corrected chi connectivity index (χ4v) is 3.56. The molecular formula is C15H14Cl2N4O4S. The number of ether oxygens (including phenoxy) is 1. The number of alkyl halides is 2. The second-order valence-corrected chi connectivity index (χ2v) is 8.81. The van der Waals surface area contributed by atoms with Crippen LogP contribution >= 0.6 is 23.2 Å². The fourth-order valence-electron chi connectivity index (χ4n) is 2.10. The Balaban J connectivity index is 1.67. The molecule has 1 aliphatic rings. The number of hydrogen-bond acceptors (Lipinski definition) is 6. The molecule has 0 spiro atoms. The minimum absolute atomic E-state index is 0.00891. The van der Waals surface area contributed by atoms with Gasteiger partial charge in [-0.05, 0) is 30.7 Å². The number of aromatic nitrogens is 2. The number of methoxy groups -OCH3 is 1. The minimum atomic E-state index is -3.87. The Bertz CT molecular complexity index is 918. The van der Waals surface area contributed by atoms with Crippen molar-refractivity contribution in [1.82, 2.24) is 9.97 Å². The first kappa shape index (κ1) is 18.7. The van der Waals surface area contributed by atoms with Crippen molar-refractivity contribution in [2.75, 3.05) is 17.1 Å². The van der Waals surface area contributed by atoms with Gasteiger partial charge in [-0.25, -0.2) is 23.1 Å². The Morgan fingerprint density at radius 2 is 1.81 bits per heavy atom. The van der Waals surface area contributed by atoms with Crippen LogP contribution in [-0.2, 0) is 14.8 Å². The van der Waals surface area contributed by atoms with Gasteiger partial charge in [-0.15, -0.1) is 23.2 Å². The zero-order valence-corrected chi connectivity index (χ0v) is 15.8. The molecule has 138 valence electrons. The zero-order valence-electron chi connectivity index (χ0n) is 13.4. The van der Waals surface area contributed by atoms with Gasteiger partial charge in [0.2, 0.25) is 11.9 Å². The van der Waals surface area contributed by atoms with Crippen molar-refractivity contribution < 1.29 is 17.9 Å². The van der Waals surface area contributed by atoms with E-state index in [0.717, 1.165) is 0 Å². The molecule has 26 heavy (non-hydrogen) atoms. The van der Waals surface area contributed by atoms with Crippen LogP contribution in [0.5, 0.6) is 5.75 Å². The number of sulfonamides is 1. The summed E-state index contributed by atoms with van der Waals surface area (Å²) >= 11 is 11.7. The van der Waals surface area contributed by atoms with Crippen LogP contribution in [0.1, 0.15) is 6.42 Å². The van der Waals surface area contributed by atoms with E-state index in [1.165, 1.54) is 43.8 Å². The largest absolute Gasteiger partial charge is 0.494 e. The lowest BCUT2D eigenvalue weighted by Crippen LogP contribution is -2.17. The Labute approximate surface area is 159 Å². The van der Waals surface area contributed by atoms with Crippen LogP contribution < -0.4 is 14.8 Å². The van der Waals surface area contributed by atoms with Crippen molar-refractivity contribution in [3.63, 3.8) is 0 Å². The highest BCUT2D eigenvalue weighted by Crippen LogP contribution is 2.53. The molecule has 2 aromatic rings. The number of anilines is 2. The van der Waals surface area contributed by atoms with Crippen molar-refractivity contribution in [2.24, 2.45) is 5.92 Å². The highest BCUT2D eigenvalue weighted by atomic mass is 35.5. The average molecular weight is 417 g/mol. The van der Waals surface area contributed by atoms with Gasteiger partial charge in [0.25, 0.3) is 10.0 Å². The first-order valence-corrected chi connectivity index (χ1v) is 9.63. The summed E-state index contributed by atoms with van der Waals surface area (Å²) in [5, 5.41) is 2.64. The SMILES string of the molecule is COc1cnc(NS(=O)(=O)c2ccc(NC(=O)[C@@H]3CC3(Cl)Cl)cc2)nc1. The summed E-state index contributed by atoms with van der Waals surface area (Å²) < 4.78 is 30.8. The van der Waals surface area contributed by atoms with Gasteiger partial charge in [-0.3, -0.25) is 4.79 Å². The van der Waals surface area contributed by atoms with Crippen LogP contribution in [-0.4, -0.2) is 35.7 Å². The summed E-state index contributed by atoms with van der Waals surface area (Å²) in [7, 11) is -2.42. The van der Waals surface area contributed by atoms with Gasteiger partial charge in [0, 0.05) is 5.69 Å². The molecular weight excluding hydrogens is 403 g/mol. The third-order valence-electron chi connectivity index (χ3n) is 3.66. The molecule has 1 aliphatic carbocycles. The van der Waals surface area contributed by atoms with E-state index in [-0.39, 0.29) is 16.8 Å². The molecule has 3 rings (SSSR count). The second-order valence-electron chi connectivity index (χ2n) is 5.58. The Kier molecular flexibility index (Phi) is 4.96. The van der Waals surface area contributed by atoms with Gasteiger partial charge < -0.3 is 10.1 Å². The minimum Gasteiger partial charge on any atom is -0.494 e. The highest BCUT2D eigenvalue weighted by Gasteiger charge is 2.56. The van der Waals surface area contributed by atoms with Gasteiger partial charge in [-0.1, -0.05) is 0 Å². The Hall–Kier alpha value is -2.10. The lowest BCUT2D eigenvalue weighted by Gasteiger charge is -2.09. The highest BCUT2D eigenvalue weighted by molar-refractivity contribution is 7.92. The summed E-state index contributed by atoms with van der Waals surface area (Å²) in [5.41, 5.74) is 0.436. The van der Waals surface area contributed by atoms with Crippen LogP contribution in [0.2, 0.25) is 0 Å². The Morgan fingerprint density at radius 3 is 2.31 bits per heavy atom. The molecule has 11 heteroatoms. The van der Waals surface area contributed by atoms with E-state index >= 15 is 0 Å². The second kappa shape index (κ2) is 6.90. The quantitative estimate of drug-likeness (QED) is 0.699. The third kappa shape index (κ3) is 4.17. The van der Waals surface area contributed by atoms with E-state index in [2.05, 4.69) is 20.0 Å². The number of carbonyl (C=O) groups is 1. The van der Waals surface area contributed by atoms with Crippen LogP contribution in [0.3, 0.4) is 0 Å². The number of hydrogen-bond donors (Lipinski definition) is 2. The van der Waals surface area contributed by atoms with Crippen LogP contribution in [0, 0.1) is 5.92 Å². The fraction of sp³-hybridized carbons (Fsp3) is 0.267. The molecule has 1 heterocycles. The lowest BCUT2D eigenvalue weighted by atomic mass is 10.3. The van der Waals surface area contributed by atoms with E-state index in [1.807, 2.05) is 0 Å². The van der Waals surface area contributed by atoms with Crippen molar-refractivity contribution in [3.8, 4) is 5.75 Å². The molecule has 1 fully saturated rings. The van der Waals surface area contributed by atoms with Crippen LogP contribution in [0.4, 0.5) is 11.6 Å². The van der Waals surface area contributed by atoms with Gasteiger partial charge in [-0.2, -0.15) is 0 Å². The molecule has 1 atom stereocenters. The maximum absolute atomic E-state index is 12.3. The molecule has 2 N–H and O–H groups in total. The number of benzene rings is 1. The monoisotopic (exact) mass is 416 g/mol. The maximum Gasteiger partial charge on any atom is 0.264 e. The molecule has 0 unspecified atom stereocenters. The average Bonchev–Trinajstić information content (AvgIpc) is 3.24. The van der Waals surface area contributed by atoms with Gasteiger partial charge in [0.15, 0.2) is 5.75 Å². The molecule has 0 radical (unpaired) electrons. The Morgan fingerprint density at radius 1 is 1.23 bits per heavy atom. The van der Waals surface area contributed by atoms with Crippen LogP contribution in [0.15, 0.2) is 41.6 Å². The van der Waals surface area contributed by atoms with Crippen molar-refractivity contribution in [2.45, 2.75) is 15.6 Å². The topological polar surface area (TPSA) is 110 Å². The first-order chi connectivity index (χ1) is 12.2. The molecule has 0 bridgehead atoms. The van der Waals surface area contributed by atoms with Crippen LogP contribution in [0.25, 0.3) is 0 Å². The predicted octanol–water partition coefficient (Wildman–Crippen LogP) is 2.42. The van der Waals surface area contributed by atoms with E-state index in [9.17, 15) is 13.2 Å². The first-order valence-electron chi connectivity index (χ1n) is 7.39. The van der Waals surface area contributed by atoms with E-state index in [0.29, 0.717) is 17.9 Å². The third-order valence-corrected chi connectivity index (χ3v) is 5.84. The van der Waals surface area contributed by atoms with E-state index in [4.69, 9.17) is 27.9 Å². The summed E-state index contributed by atoms with van der Waals surface area (Å²) in [4.78, 5) is 19.6. The number of nitrogens with zero attached hydrogens (tertiary/aromatic N) is 2. The number of halogens is 2. The number of carbonyl (C=O) groups excluding carboxylic acids is 1. The predicted molar refractivity (Wildman–Crippen MR) is 97.0 cm³/mol. The summed E-state index contributed by atoms with van der Waals surface area (Å²) in [6.45, 7) is 0. The van der Waals surface area contributed by atoms with Gasteiger partial charge in [0.1, 0.15) is 4.33 Å². The smallest absolute Gasteiger partial charge is 0.264 e. The standard InChI is InChI=1S/C15H14Cl2N4O4S/c1-25-10-7-18-14(19-8-10)21-26(23,24)11-4-2-9(3-5-11)20-13(22)12-6-15(12,16)17/h2-5,7-8,12H,6H2,1H3,(H,20,22)(H,18,19,21)/t12-/m0/s1. The summed E-state index contributed by atoms with van der Waals surface area (Å²) in [6.07, 6.45) is 3.07. The molecule has 0 saturated heterocycles. The molecule has 0 aliphatic heterocycles.